The highest BCUT2D eigenvalue weighted by atomic mass is 16.5. The summed E-state index contributed by atoms with van der Waals surface area (Å²) in [7, 11) is 1.75. The topological polar surface area (TPSA) is 35.2 Å². The lowest BCUT2D eigenvalue weighted by atomic mass is 9.98. The van der Waals surface area contributed by atoms with E-state index in [9.17, 15) is 0 Å². The molecule has 1 saturated carbocycles. The van der Waals surface area contributed by atoms with Crippen molar-refractivity contribution in [3.8, 4) is 5.75 Å². The summed E-state index contributed by atoms with van der Waals surface area (Å²) in [6.45, 7) is 2.10. The normalized spacial score (nSPS) is 23.9. The number of ether oxygens (including phenoxy) is 1. The zero-order valence-corrected chi connectivity index (χ0v) is 10.9. The molecule has 18 heavy (non-hydrogen) atoms. The fourth-order valence-corrected chi connectivity index (χ4v) is 2.96. The standard InChI is InChI=1S/C16H19NO/c1-10(17)13-9-14(13)16-12-6-4-3-5-11(12)7-8-15(16)18-2/h3-8,10,13-14H,9,17H2,1-2H3/t10-,13+,14+/m0/s1. The van der Waals surface area contributed by atoms with E-state index in [1.165, 1.54) is 22.8 Å². The van der Waals surface area contributed by atoms with Crippen LogP contribution in [0.3, 0.4) is 0 Å². The van der Waals surface area contributed by atoms with Crippen molar-refractivity contribution in [2.24, 2.45) is 11.7 Å². The molecule has 1 fully saturated rings. The minimum Gasteiger partial charge on any atom is -0.496 e. The number of hydrogen-bond acceptors (Lipinski definition) is 2. The first-order chi connectivity index (χ1) is 8.72. The predicted octanol–water partition coefficient (Wildman–Crippen LogP) is 3.30. The largest absolute Gasteiger partial charge is 0.496 e. The Hall–Kier alpha value is -1.54. The highest BCUT2D eigenvalue weighted by Gasteiger charge is 2.43. The van der Waals surface area contributed by atoms with Gasteiger partial charge < -0.3 is 10.5 Å². The van der Waals surface area contributed by atoms with Gasteiger partial charge in [0.05, 0.1) is 7.11 Å². The molecule has 0 bridgehead atoms. The Bertz CT molecular complexity index is 576. The molecule has 1 aliphatic carbocycles. The summed E-state index contributed by atoms with van der Waals surface area (Å²) in [4.78, 5) is 0. The van der Waals surface area contributed by atoms with E-state index >= 15 is 0 Å². The minimum atomic E-state index is 0.263. The third kappa shape index (κ3) is 1.77. The molecule has 0 unspecified atom stereocenters. The van der Waals surface area contributed by atoms with Crippen molar-refractivity contribution >= 4 is 10.8 Å². The summed E-state index contributed by atoms with van der Waals surface area (Å²) in [6, 6.07) is 13.0. The van der Waals surface area contributed by atoms with Crippen molar-refractivity contribution in [3.63, 3.8) is 0 Å². The van der Waals surface area contributed by atoms with Gasteiger partial charge in [-0.2, -0.15) is 0 Å². The van der Waals surface area contributed by atoms with E-state index in [4.69, 9.17) is 10.5 Å². The Kier molecular flexibility index (Phi) is 2.75. The summed E-state index contributed by atoms with van der Waals surface area (Å²) in [5.41, 5.74) is 7.37. The predicted molar refractivity (Wildman–Crippen MR) is 75.0 cm³/mol. The monoisotopic (exact) mass is 241 g/mol. The van der Waals surface area contributed by atoms with Gasteiger partial charge in [0.15, 0.2) is 0 Å². The number of fused-ring (bicyclic) bond motifs is 1. The third-order valence-electron chi connectivity index (χ3n) is 4.04. The molecular formula is C16H19NO. The summed E-state index contributed by atoms with van der Waals surface area (Å²) >= 11 is 0. The van der Waals surface area contributed by atoms with Crippen LogP contribution in [0.15, 0.2) is 36.4 Å². The molecule has 0 spiro atoms. The number of methoxy groups -OCH3 is 1. The van der Waals surface area contributed by atoms with Crippen molar-refractivity contribution in [2.45, 2.75) is 25.3 Å². The molecule has 2 aromatic rings. The van der Waals surface area contributed by atoms with E-state index in [0.29, 0.717) is 11.8 Å². The second kappa shape index (κ2) is 4.29. The Labute approximate surface area is 108 Å². The molecule has 0 aliphatic heterocycles. The molecule has 3 atom stereocenters. The second-order valence-corrected chi connectivity index (χ2v) is 5.27. The Balaban J connectivity index is 2.14. The highest BCUT2D eigenvalue weighted by molar-refractivity contribution is 5.88. The molecule has 94 valence electrons. The Morgan fingerprint density at radius 1 is 1.22 bits per heavy atom. The molecule has 3 rings (SSSR count). The van der Waals surface area contributed by atoms with Crippen LogP contribution in [0.4, 0.5) is 0 Å². The van der Waals surface area contributed by atoms with Crippen LogP contribution in [0.25, 0.3) is 10.8 Å². The van der Waals surface area contributed by atoms with Crippen LogP contribution < -0.4 is 10.5 Å². The van der Waals surface area contributed by atoms with Crippen molar-refractivity contribution in [1.82, 2.24) is 0 Å². The molecule has 0 saturated heterocycles. The molecule has 2 heteroatoms. The van der Waals surface area contributed by atoms with E-state index in [2.05, 4.69) is 43.3 Å². The lowest BCUT2D eigenvalue weighted by Gasteiger charge is -2.13. The van der Waals surface area contributed by atoms with Gasteiger partial charge in [-0.15, -0.1) is 0 Å². The van der Waals surface area contributed by atoms with Crippen molar-refractivity contribution in [2.75, 3.05) is 7.11 Å². The first kappa shape index (κ1) is 11.5. The van der Waals surface area contributed by atoms with Gasteiger partial charge in [0, 0.05) is 11.6 Å². The van der Waals surface area contributed by atoms with Crippen LogP contribution >= 0.6 is 0 Å². The van der Waals surface area contributed by atoms with Crippen molar-refractivity contribution < 1.29 is 4.74 Å². The molecule has 1 aliphatic rings. The van der Waals surface area contributed by atoms with E-state index < -0.39 is 0 Å². The first-order valence-electron chi connectivity index (χ1n) is 6.53. The summed E-state index contributed by atoms with van der Waals surface area (Å²) in [6.07, 6.45) is 1.18. The maximum Gasteiger partial charge on any atom is 0.122 e. The second-order valence-electron chi connectivity index (χ2n) is 5.27. The summed E-state index contributed by atoms with van der Waals surface area (Å²) in [5.74, 6) is 2.16. The van der Waals surface area contributed by atoms with Gasteiger partial charge in [0.2, 0.25) is 0 Å². The van der Waals surface area contributed by atoms with E-state index in [-0.39, 0.29) is 6.04 Å². The molecule has 2 nitrogen and oxygen atoms in total. The molecule has 0 amide bonds. The molecule has 0 heterocycles. The molecule has 2 aromatic carbocycles. The number of hydrogen-bond donors (Lipinski definition) is 1. The molecule has 2 N–H and O–H groups in total. The minimum absolute atomic E-state index is 0.263. The maximum atomic E-state index is 6.02. The number of nitrogens with two attached hydrogens (primary N) is 1. The van der Waals surface area contributed by atoms with E-state index in [1.807, 2.05) is 0 Å². The summed E-state index contributed by atoms with van der Waals surface area (Å²) in [5, 5.41) is 2.59. The van der Waals surface area contributed by atoms with E-state index in [1.54, 1.807) is 7.11 Å². The third-order valence-corrected chi connectivity index (χ3v) is 4.04. The smallest absolute Gasteiger partial charge is 0.122 e. The zero-order valence-electron chi connectivity index (χ0n) is 10.9. The van der Waals surface area contributed by atoms with Gasteiger partial charge in [0.1, 0.15) is 5.75 Å². The van der Waals surface area contributed by atoms with Crippen LogP contribution in [0.1, 0.15) is 24.8 Å². The van der Waals surface area contributed by atoms with Crippen LogP contribution in [0.5, 0.6) is 5.75 Å². The zero-order chi connectivity index (χ0) is 12.7. The number of benzene rings is 2. The van der Waals surface area contributed by atoms with Gasteiger partial charge in [-0.3, -0.25) is 0 Å². The van der Waals surface area contributed by atoms with Gasteiger partial charge in [-0.05, 0) is 42.0 Å². The van der Waals surface area contributed by atoms with Crippen LogP contribution in [0.2, 0.25) is 0 Å². The van der Waals surface area contributed by atoms with Gasteiger partial charge in [-0.1, -0.05) is 30.3 Å². The quantitative estimate of drug-likeness (QED) is 0.894. The molecule has 0 radical (unpaired) electrons. The van der Waals surface area contributed by atoms with Crippen LogP contribution in [0, 0.1) is 5.92 Å². The van der Waals surface area contributed by atoms with Crippen LogP contribution in [-0.2, 0) is 0 Å². The summed E-state index contributed by atoms with van der Waals surface area (Å²) < 4.78 is 5.54. The van der Waals surface area contributed by atoms with Crippen LogP contribution in [-0.4, -0.2) is 13.2 Å². The lowest BCUT2D eigenvalue weighted by molar-refractivity contribution is 0.409. The van der Waals surface area contributed by atoms with Crippen molar-refractivity contribution in [3.05, 3.63) is 42.0 Å². The highest BCUT2D eigenvalue weighted by Crippen LogP contribution is 2.53. The Morgan fingerprint density at radius 2 is 2.00 bits per heavy atom. The Morgan fingerprint density at radius 3 is 2.67 bits per heavy atom. The SMILES string of the molecule is COc1ccc2ccccc2c1[C@@H]1C[C@@H]1[C@H](C)N. The number of rotatable bonds is 3. The fourth-order valence-electron chi connectivity index (χ4n) is 2.96. The average Bonchev–Trinajstić information content (AvgIpc) is 3.17. The molecular weight excluding hydrogens is 222 g/mol. The fraction of sp³-hybridized carbons (Fsp3) is 0.375. The maximum absolute atomic E-state index is 6.02. The van der Waals surface area contributed by atoms with Gasteiger partial charge in [-0.25, -0.2) is 0 Å². The van der Waals surface area contributed by atoms with Gasteiger partial charge in [0.25, 0.3) is 0 Å². The lowest BCUT2D eigenvalue weighted by Crippen LogP contribution is -2.18. The van der Waals surface area contributed by atoms with Gasteiger partial charge >= 0.3 is 0 Å². The van der Waals surface area contributed by atoms with Crippen molar-refractivity contribution in [1.29, 1.82) is 0 Å². The van der Waals surface area contributed by atoms with E-state index in [0.717, 1.165) is 5.75 Å². The average molecular weight is 241 g/mol. The molecule has 0 aromatic heterocycles. The first-order valence-corrected chi connectivity index (χ1v) is 6.53.